The topological polar surface area (TPSA) is 153 Å². The van der Waals surface area contributed by atoms with E-state index in [9.17, 15) is 13.9 Å². The molecule has 1 saturated heterocycles. The summed E-state index contributed by atoms with van der Waals surface area (Å²) < 4.78 is 28.2. The summed E-state index contributed by atoms with van der Waals surface area (Å²) >= 11 is 0. The second kappa shape index (κ2) is 6.89. The van der Waals surface area contributed by atoms with Crippen LogP contribution in [0.15, 0.2) is 23.0 Å². The second-order valence-corrected chi connectivity index (χ2v) is 8.48. The number of hydrogen-bond donors (Lipinski definition) is 4. The van der Waals surface area contributed by atoms with Crippen LogP contribution in [0.4, 0.5) is 11.6 Å². The number of aromatic nitrogens is 5. The number of aromatic amines is 1. The highest BCUT2D eigenvalue weighted by Gasteiger charge is 2.35. The van der Waals surface area contributed by atoms with E-state index in [1.54, 1.807) is 12.3 Å². The monoisotopic (exact) mass is 405 g/mol. The molecule has 0 radical (unpaired) electrons. The molecule has 0 saturated carbocycles. The SMILES string of the molecule is CC(=O)Nc1cc(-c2nc(N3CCCS3(O)O)c(-c3nnc[nH]3)o2)c(C)cn1. The molecule has 4 N–H and O–H groups in total. The predicted molar refractivity (Wildman–Crippen MR) is 104 cm³/mol. The van der Waals surface area contributed by atoms with Crippen molar-refractivity contribution in [3.05, 3.63) is 24.2 Å². The number of anilines is 2. The number of aryl methyl sites for hydroxylation is 1. The molecular formula is C16H19N7O4S. The summed E-state index contributed by atoms with van der Waals surface area (Å²) in [6.07, 6.45) is 3.62. The Morgan fingerprint density at radius 3 is 2.89 bits per heavy atom. The molecule has 4 rings (SSSR count). The Kier molecular flexibility index (Phi) is 4.53. The normalized spacial score (nSPS) is 16.9. The predicted octanol–water partition coefficient (Wildman–Crippen LogP) is 2.66. The fourth-order valence-electron chi connectivity index (χ4n) is 2.97. The van der Waals surface area contributed by atoms with Crippen molar-refractivity contribution in [2.24, 2.45) is 0 Å². The molecule has 4 heterocycles. The van der Waals surface area contributed by atoms with Gasteiger partial charge in [0, 0.05) is 25.2 Å². The van der Waals surface area contributed by atoms with Crippen LogP contribution in [0.1, 0.15) is 18.9 Å². The molecule has 28 heavy (non-hydrogen) atoms. The van der Waals surface area contributed by atoms with Crippen molar-refractivity contribution >= 4 is 28.3 Å². The lowest BCUT2D eigenvalue weighted by Gasteiger charge is -2.36. The van der Waals surface area contributed by atoms with Gasteiger partial charge in [-0.15, -0.1) is 21.0 Å². The highest BCUT2D eigenvalue weighted by Crippen LogP contribution is 2.53. The smallest absolute Gasteiger partial charge is 0.229 e. The number of oxazole rings is 1. The first-order valence-corrected chi connectivity index (χ1v) is 10.2. The maximum absolute atomic E-state index is 11.3. The zero-order chi connectivity index (χ0) is 19.9. The average Bonchev–Trinajstić information content (AvgIpc) is 3.34. The van der Waals surface area contributed by atoms with Crippen LogP contribution in [0.2, 0.25) is 0 Å². The van der Waals surface area contributed by atoms with Crippen molar-refractivity contribution in [2.45, 2.75) is 20.3 Å². The van der Waals surface area contributed by atoms with E-state index in [0.29, 0.717) is 30.2 Å². The van der Waals surface area contributed by atoms with Crippen molar-refractivity contribution < 1.29 is 18.3 Å². The Morgan fingerprint density at radius 2 is 2.25 bits per heavy atom. The van der Waals surface area contributed by atoms with Gasteiger partial charge in [-0.3, -0.25) is 18.2 Å². The first kappa shape index (κ1) is 18.4. The first-order valence-electron chi connectivity index (χ1n) is 8.50. The van der Waals surface area contributed by atoms with Gasteiger partial charge in [-0.05, 0) is 25.0 Å². The number of rotatable bonds is 4. The first-order chi connectivity index (χ1) is 13.3. The Hall–Kier alpha value is -2.96. The number of carbonyl (C=O) groups excluding carboxylic acids is 1. The maximum atomic E-state index is 11.3. The average molecular weight is 405 g/mol. The van der Waals surface area contributed by atoms with Gasteiger partial charge in [0.15, 0.2) is 5.82 Å². The molecule has 0 bridgehead atoms. The van der Waals surface area contributed by atoms with E-state index in [2.05, 4.69) is 30.5 Å². The van der Waals surface area contributed by atoms with E-state index in [1.807, 2.05) is 6.92 Å². The minimum Gasteiger partial charge on any atom is -0.430 e. The van der Waals surface area contributed by atoms with Gasteiger partial charge in [0.05, 0.1) is 5.75 Å². The molecule has 3 aromatic rings. The van der Waals surface area contributed by atoms with Crippen molar-refractivity contribution in [2.75, 3.05) is 21.9 Å². The minimum absolute atomic E-state index is 0.245. The molecule has 1 aliphatic rings. The van der Waals surface area contributed by atoms with Crippen LogP contribution in [0, 0.1) is 6.92 Å². The van der Waals surface area contributed by atoms with Crippen LogP contribution in [-0.2, 0) is 4.79 Å². The summed E-state index contributed by atoms with van der Waals surface area (Å²) in [4.78, 5) is 22.9. The third kappa shape index (κ3) is 3.32. The fourth-order valence-corrected chi connectivity index (χ4v) is 4.53. The zero-order valence-electron chi connectivity index (χ0n) is 15.2. The number of H-pyrrole nitrogens is 1. The summed E-state index contributed by atoms with van der Waals surface area (Å²) in [6.45, 7) is 3.66. The van der Waals surface area contributed by atoms with Gasteiger partial charge in [0.25, 0.3) is 0 Å². The number of nitrogens with zero attached hydrogens (tertiary/aromatic N) is 5. The fraction of sp³-hybridized carbons (Fsp3) is 0.312. The molecule has 0 atom stereocenters. The Morgan fingerprint density at radius 1 is 1.43 bits per heavy atom. The van der Waals surface area contributed by atoms with Crippen molar-refractivity contribution in [3.63, 3.8) is 0 Å². The van der Waals surface area contributed by atoms with Crippen LogP contribution in [0.3, 0.4) is 0 Å². The van der Waals surface area contributed by atoms with Crippen molar-refractivity contribution in [1.29, 1.82) is 0 Å². The van der Waals surface area contributed by atoms with Crippen LogP contribution in [0.25, 0.3) is 23.0 Å². The third-order valence-corrected chi connectivity index (χ3v) is 6.15. The molecule has 0 aliphatic carbocycles. The third-order valence-electron chi connectivity index (χ3n) is 4.25. The highest BCUT2D eigenvalue weighted by molar-refractivity contribution is 8.25. The molecule has 0 aromatic carbocycles. The summed E-state index contributed by atoms with van der Waals surface area (Å²) in [5.41, 5.74) is 1.39. The van der Waals surface area contributed by atoms with Gasteiger partial charge in [-0.2, -0.15) is 4.98 Å². The summed E-state index contributed by atoms with van der Waals surface area (Å²) in [5, 5.41) is 10.3. The molecule has 3 aromatic heterocycles. The van der Waals surface area contributed by atoms with Gasteiger partial charge in [-0.25, -0.2) is 4.98 Å². The lowest BCUT2D eigenvalue weighted by molar-refractivity contribution is -0.114. The second-order valence-electron chi connectivity index (χ2n) is 6.37. The van der Waals surface area contributed by atoms with Gasteiger partial charge in [0.2, 0.25) is 23.4 Å². The number of carbonyl (C=O) groups is 1. The molecule has 12 heteroatoms. The molecule has 0 unspecified atom stereocenters. The number of nitrogens with one attached hydrogen (secondary N) is 2. The standard InChI is InChI=1S/C16H19N7O4S/c1-9-7-17-12(20-10(2)24)6-11(9)16-21-15(23-4-3-5-28(23,25)26)13(27-16)14-18-8-19-22-14/h6-8,25-26H,3-5H2,1-2H3,(H,17,20,24)(H,18,19,22). The molecule has 11 nitrogen and oxygen atoms in total. The van der Waals surface area contributed by atoms with Gasteiger partial charge in [0.1, 0.15) is 12.1 Å². The van der Waals surface area contributed by atoms with Gasteiger partial charge in [-0.1, -0.05) is 0 Å². The Bertz CT molecular complexity index is 1020. The van der Waals surface area contributed by atoms with Crippen LogP contribution in [0.5, 0.6) is 0 Å². The summed E-state index contributed by atoms with van der Waals surface area (Å²) in [7, 11) is -2.98. The molecular weight excluding hydrogens is 386 g/mol. The van der Waals surface area contributed by atoms with E-state index < -0.39 is 10.8 Å². The Labute approximate surface area is 161 Å². The number of hydrogen-bond acceptors (Lipinski definition) is 9. The zero-order valence-corrected chi connectivity index (χ0v) is 16.0. The van der Waals surface area contributed by atoms with E-state index >= 15 is 0 Å². The molecule has 0 spiro atoms. The highest BCUT2D eigenvalue weighted by atomic mass is 32.3. The minimum atomic E-state index is -2.98. The van der Waals surface area contributed by atoms with Gasteiger partial charge >= 0.3 is 0 Å². The summed E-state index contributed by atoms with van der Waals surface area (Å²) in [5.74, 6) is 1.49. The molecule has 148 valence electrons. The van der Waals surface area contributed by atoms with E-state index in [-0.39, 0.29) is 29.1 Å². The number of pyridine rings is 1. The quantitative estimate of drug-likeness (QED) is 0.513. The van der Waals surface area contributed by atoms with Crippen molar-refractivity contribution in [3.8, 4) is 23.0 Å². The van der Waals surface area contributed by atoms with Crippen LogP contribution >= 0.6 is 10.8 Å². The van der Waals surface area contributed by atoms with E-state index in [1.165, 1.54) is 17.6 Å². The number of amides is 1. The molecule has 1 amide bonds. The van der Waals surface area contributed by atoms with Crippen molar-refractivity contribution in [1.82, 2.24) is 25.1 Å². The van der Waals surface area contributed by atoms with Crippen LogP contribution in [-0.4, -0.2) is 52.5 Å². The molecule has 1 aliphatic heterocycles. The van der Waals surface area contributed by atoms with E-state index in [0.717, 1.165) is 5.56 Å². The van der Waals surface area contributed by atoms with Crippen LogP contribution < -0.4 is 9.62 Å². The molecule has 1 fully saturated rings. The summed E-state index contributed by atoms with van der Waals surface area (Å²) in [6, 6.07) is 1.65. The Balaban J connectivity index is 1.84. The van der Waals surface area contributed by atoms with E-state index in [4.69, 9.17) is 4.42 Å². The maximum Gasteiger partial charge on any atom is 0.229 e. The van der Waals surface area contributed by atoms with Gasteiger partial charge < -0.3 is 14.7 Å². The largest absolute Gasteiger partial charge is 0.430 e. The lowest BCUT2D eigenvalue weighted by Crippen LogP contribution is -2.22. The lowest BCUT2D eigenvalue weighted by atomic mass is 10.1.